The Balaban J connectivity index is 1.96. The highest BCUT2D eigenvalue weighted by atomic mass is 16.5. The molecule has 3 rings (SSSR count). The van der Waals surface area contributed by atoms with E-state index in [2.05, 4.69) is 18.7 Å². The van der Waals surface area contributed by atoms with E-state index in [1.165, 1.54) is 0 Å². The molecule has 1 unspecified atom stereocenters. The Morgan fingerprint density at radius 3 is 2.35 bits per heavy atom. The normalized spacial score (nSPS) is 12.5. The second-order valence-corrected chi connectivity index (χ2v) is 8.96. The summed E-state index contributed by atoms with van der Waals surface area (Å²) in [5, 5.41) is 15.4. The Hall–Kier alpha value is -2.87. The molecule has 0 aliphatic carbocycles. The molecule has 1 heterocycles. The first kappa shape index (κ1) is 25.7. The maximum absolute atomic E-state index is 10.6. The third-order valence-corrected chi connectivity index (χ3v) is 5.55. The van der Waals surface area contributed by atoms with E-state index in [1.54, 1.807) is 11.8 Å². The van der Waals surface area contributed by atoms with Crippen LogP contribution < -0.4 is 9.47 Å². The van der Waals surface area contributed by atoms with Gasteiger partial charge in [-0.3, -0.25) is 4.90 Å². The van der Waals surface area contributed by atoms with Crippen LogP contribution >= 0.6 is 0 Å². The maximum atomic E-state index is 10.6. The van der Waals surface area contributed by atoms with E-state index in [1.807, 2.05) is 75.5 Å². The zero-order valence-electron chi connectivity index (χ0n) is 21.1. The van der Waals surface area contributed by atoms with Crippen LogP contribution in [0.1, 0.15) is 33.3 Å². The molecule has 3 aromatic rings. The van der Waals surface area contributed by atoms with Gasteiger partial charge in [0, 0.05) is 37.8 Å². The highest BCUT2D eigenvalue weighted by Crippen LogP contribution is 2.35. The van der Waals surface area contributed by atoms with Crippen LogP contribution in [0.25, 0.3) is 11.3 Å². The summed E-state index contributed by atoms with van der Waals surface area (Å²) < 4.78 is 19.1. The van der Waals surface area contributed by atoms with Crippen molar-refractivity contribution in [3.05, 3.63) is 60.2 Å². The SMILES string of the molecule is COc1cccc(Oc2c(CN(CC(O)COC(C)C)C(C)C)c(-c3ccccc3)nn2C)c1. The summed E-state index contributed by atoms with van der Waals surface area (Å²) in [5.74, 6) is 2.05. The number of aliphatic hydroxyl groups is 1. The maximum Gasteiger partial charge on any atom is 0.222 e. The lowest BCUT2D eigenvalue weighted by Gasteiger charge is -2.29. The van der Waals surface area contributed by atoms with Gasteiger partial charge in [0.2, 0.25) is 5.88 Å². The number of methoxy groups -OCH3 is 1. The van der Waals surface area contributed by atoms with Crippen LogP contribution in [0.15, 0.2) is 54.6 Å². The zero-order chi connectivity index (χ0) is 24.7. The zero-order valence-corrected chi connectivity index (χ0v) is 21.1. The van der Waals surface area contributed by atoms with Crippen molar-refractivity contribution in [2.24, 2.45) is 7.05 Å². The van der Waals surface area contributed by atoms with Crippen LogP contribution in [0.4, 0.5) is 0 Å². The van der Waals surface area contributed by atoms with Gasteiger partial charge in [0.25, 0.3) is 0 Å². The van der Waals surface area contributed by atoms with Gasteiger partial charge >= 0.3 is 0 Å². The Morgan fingerprint density at radius 1 is 1.00 bits per heavy atom. The number of aromatic nitrogens is 2. The van der Waals surface area contributed by atoms with E-state index in [0.717, 1.165) is 22.6 Å². The summed E-state index contributed by atoms with van der Waals surface area (Å²) in [7, 11) is 3.52. The molecule has 1 atom stereocenters. The van der Waals surface area contributed by atoms with Gasteiger partial charge in [-0.05, 0) is 39.8 Å². The molecule has 7 heteroatoms. The summed E-state index contributed by atoms with van der Waals surface area (Å²) in [5.41, 5.74) is 2.84. The van der Waals surface area contributed by atoms with Gasteiger partial charge in [0.1, 0.15) is 17.2 Å². The van der Waals surface area contributed by atoms with Crippen molar-refractivity contribution >= 4 is 0 Å². The first-order chi connectivity index (χ1) is 16.3. The molecule has 0 amide bonds. The number of hydrogen-bond donors (Lipinski definition) is 1. The minimum Gasteiger partial charge on any atom is -0.497 e. The third kappa shape index (κ3) is 6.82. The molecule has 0 radical (unpaired) electrons. The summed E-state index contributed by atoms with van der Waals surface area (Å²) in [6.45, 7) is 9.52. The molecule has 7 nitrogen and oxygen atoms in total. The molecule has 1 N–H and O–H groups in total. The topological polar surface area (TPSA) is 69.0 Å². The molecular weight excluding hydrogens is 430 g/mol. The molecular formula is C27H37N3O4. The lowest BCUT2D eigenvalue weighted by Crippen LogP contribution is -2.39. The smallest absolute Gasteiger partial charge is 0.222 e. The molecule has 0 saturated carbocycles. The molecule has 34 heavy (non-hydrogen) atoms. The van der Waals surface area contributed by atoms with Crippen molar-refractivity contribution in [3.63, 3.8) is 0 Å². The third-order valence-electron chi connectivity index (χ3n) is 5.55. The molecule has 0 bridgehead atoms. The quantitative estimate of drug-likeness (QED) is 0.409. The summed E-state index contributed by atoms with van der Waals surface area (Å²) in [6.07, 6.45) is -0.516. The second-order valence-electron chi connectivity index (χ2n) is 8.96. The monoisotopic (exact) mass is 467 g/mol. The first-order valence-electron chi connectivity index (χ1n) is 11.7. The Morgan fingerprint density at radius 2 is 1.71 bits per heavy atom. The first-order valence-corrected chi connectivity index (χ1v) is 11.7. The Kier molecular flexibility index (Phi) is 9.10. The molecule has 0 saturated heterocycles. The fraction of sp³-hybridized carbons (Fsp3) is 0.444. The van der Waals surface area contributed by atoms with Gasteiger partial charge in [-0.15, -0.1) is 0 Å². The highest BCUT2D eigenvalue weighted by Gasteiger charge is 2.25. The van der Waals surface area contributed by atoms with Gasteiger partial charge in [0.15, 0.2) is 0 Å². The van der Waals surface area contributed by atoms with Gasteiger partial charge in [-0.25, -0.2) is 4.68 Å². The van der Waals surface area contributed by atoms with Crippen LogP contribution in [0.3, 0.4) is 0 Å². The van der Waals surface area contributed by atoms with Crippen molar-refractivity contribution in [2.75, 3.05) is 20.3 Å². The Labute approximate surface area is 202 Å². The van der Waals surface area contributed by atoms with Crippen molar-refractivity contribution in [2.45, 2.75) is 52.5 Å². The second kappa shape index (κ2) is 12.0. The standard InChI is InChI=1S/C27H37N3O4/c1-19(2)30(16-22(31)18-33-20(3)4)17-25-26(21-11-8-7-9-12-21)28-29(5)27(25)34-24-14-10-13-23(15-24)32-6/h7-15,19-20,22,31H,16-18H2,1-6H3. The van der Waals surface area contributed by atoms with Crippen molar-refractivity contribution in [1.82, 2.24) is 14.7 Å². The molecule has 1 aromatic heterocycles. The van der Waals surface area contributed by atoms with E-state index < -0.39 is 6.10 Å². The molecule has 0 aliphatic heterocycles. The average molecular weight is 468 g/mol. The molecule has 0 spiro atoms. The lowest BCUT2D eigenvalue weighted by atomic mass is 10.1. The van der Waals surface area contributed by atoms with E-state index in [4.69, 9.17) is 19.3 Å². The minimum atomic E-state index is -0.593. The molecule has 0 aliphatic rings. The Bertz CT molecular complexity index is 1030. The number of aliphatic hydroxyl groups excluding tert-OH is 1. The number of hydrogen-bond acceptors (Lipinski definition) is 6. The average Bonchev–Trinajstić information content (AvgIpc) is 3.12. The fourth-order valence-corrected chi connectivity index (χ4v) is 3.71. The van der Waals surface area contributed by atoms with Crippen LogP contribution in [-0.4, -0.2) is 58.3 Å². The number of benzene rings is 2. The summed E-state index contributed by atoms with van der Waals surface area (Å²) in [4.78, 5) is 2.22. The van der Waals surface area contributed by atoms with E-state index in [0.29, 0.717) is 31.3 Å². The predicted octanol–water partition coefficient (Wildman–Crippen LogP) is 4.88. The summed E-state index contributed by atoms with van der Waals surface area (Å²) >= 11 is 0. The predicted molar refractivity (Wildman–Crippen MR) is 134 cm³/mol. The van der Waals surface area contributed by atoms with Gasteiger partial charge < -0.3 is 19.3 Å². The number of aryl methyl sites for hydroxylation is 1. The van der Waals surface area contributed by atoms with E-state index >= 15 is 0 Å². The van der Waals surface area contributed by atoms with Gasteiger partial charge in [-0.1, -0.05) is 36.4 Å². The van der Waals surface area contributed by atoms with E-state index in [-0.39, 0.29) is 12.1 Å². The highest BCUT2D eigenvalue weighted by molar-refractivity contribution is 5.65. The van der Waals surface area contributed by atoms with Crippen molar-refractivity contribution in [3.8, 4) is 28.6 Å². The lowest BCUT2D eigenvalue weighted by molar-refractivity contribution is -0.0137. The van der Waals surface area contributed by atoms with Gasteiger partial charge in [-0.2, -0.15) is 5.10 Å². The minimum absolute atomic E-state index is 0.0769. The summed E-state index contributed by atoms with van der Waals surface area (Å²) in [6, 6.07) is 17.8. The molecule has 2 aromatic carbocycles. The van der Waals surface area contributed by atoms with Crippen LogP contribution in [-0.2, 0) is 18.3 Å². The van der Waals surface area contributed by atoms with E-state index in [9.17, 15) is 5.11 Å². The molecule has 184 valence electrons. The fourth-order valence-electron chi connectivity index (χ4n) is 3.71. The number of ether oxygens (including phenoxy) is 3. The van der Waals surface area contributed by atoms with Crippen molar-refractivity contribution in [1.29, 1.82) is 0 Å². The number of rotatable bonds is 12. The molecule has 0 fully saturated rings. The largest absolute Gasteiger partial charge is 0.497 e. The van der Waals surface area contributed by atoms with Crippen LogP contribution in [0.5, 0.6) is 17.4 Å². The van der Waals surface area contributed by atoms with Crippen molar-refractivity contribution < 1.29 is 19.3 Å². The van der Waals surface area contributed by atoms with Crippen LogP contribution in [0.2, 0.25) is 0 Å². The van der Waals surface area contributed by atoms with Gasteiger partial charge in [0.05, 0.1) is 31.5 Å². The number of nitrogens with zero attached hydrogens (tertiary/aromatic N) is 3. The van der Waals surface area contributed by atoms with Crippen LogP contribution in [0, 0.1) is 0 Å².